The second-order valence-corrected chi connectivity index (χ2v) is 11.8. The van der Waals surface area contributed by atoms with Crippen LogP contribution in [0.15, 0.2) is 54.6 Å². The number of hydrogen-bond acceptors (Lipinski definition) is 4. The molecule has 5 nitrogen and oxygen atoms in total. The maximum Gasteiger partial charge on any atom is 0.257 e. The van der Waals surface area contributed by atoms with Crippen LogP contribution in [0.3, 0.4) is 0 Å². The number of carbonyl (C=O) groups excluding carboxylic acids is 2. The number of hydrogen-bond donors (Lipinski definition) is 2. The molecule has 36 heavy (non-hydrogen) atoms. The Kier molecular flexibility index (Phi) is 6.17. The number of anilines is 1. The Labute approximate surface area is 215 Å². The van der Waals surface area contributed by atoms with Gasteiger partial charge in [-0.2, -0.15) is 0 Å². The maximum absolute atomic E-state index is 13.7. The molecule has 0 fully saturated rings. The highest BCUT2D eigenvalue weighted by atomic mass is 32.1. The number of rotatable bonds is 4. The molecule has 2 aromatic heterocycles. The summed E-state index contributed by atoms with van der Waals surface area (Å²) in [5.74, 6) is -0.233. The van der Waals surface area contributed by atoms with Crippen LogP contribution in [0, 0.1) is 18.3 Å². The molecule has 1 aliphatic carbocycles. The predicted molar refractivity (Wildman–Crippen MR) is 148 cm³/mol. The topological polar surface area (TPSA) is 85.1 Å². The lowest BCUT2D eigenvalue weighted by Gasteiger charge is -2.33. The first-order chi connectivity index (χ1) is 17.1. The van der Waals surface area contributed by atoms with Gasteiger partial charge in [0.2, 0.25) is 0 Å². The Hall–Kier alpha value is -3.51. The van der Waals surface area contributed by atoms with Gasteiger partial charge in [-0.3, -0.25) is 9.59 Å². The number of fused-ring (bicyclic) bond motifs is 2. The highest BCUT2D eigenvalue weighted by Crippen LogP contribution is 2.44. The molecule has 1 atom stereocenters. The highest BCUT2D eigenvalue weighted by Gasteiger charge is 2.33. The zero-order chi connectivity index (χ0) is 25.6. The Morgan fingerprint density at radius 2 is 1.81 bits per heavy atom. The molecule has 2 heterocycles. The summed E-state index contributed by atoms with van der Waals surface area (Å²) in [6.07, 6.45) is 2.71. The summed E-state index contributed by atoms with van der Waals surface area (Å²) < 4.78 is 0. The number of amides is 2. The van der Waals surface area contributed by atoms with Crippen LogP contribution >= 0.6 is 11.3 Å². The number of aryl methyl sites for hydroxylation is 1. The summed E-state index contributed by atoms with van der Waals surface area (Å²) in [6, 6.07) is 17.5. The van der Waals surface area contributed by atoms with E-state index in [1.54, 1.807) is 0 Å². The summed E-state index contributed by atoms with van der Waals surface area (Å²) in [4.78, 5) is 32.2. The van der Waals surface area contributed by atoms with E-state index in [0.717, 1.165) is 57.4 Å². The van der Waals surface area contributed by atoms with Gasteiger partial charge in [-0.1, -0.05) is 63.2 Å². The maximum atomic E-state index is 13.7. The van der Waals surface area contributed by atoms with Gasteiger partial charge in [0.1, 0.15) is 5.00 Å². The summed E-state index contributed by atoms with van der Waals surface area (Å²) in [5, 5.41) is 4.37. The van der Waals surface area contributed by atoms with Gasteiger partial charge < -0.3 is 11.1 Å². The molecule has 0 radical (unpaired) electrons. The van der Waals surface area contributed by atoms with Crippen LogP contribution in [0.2, 0.25) is 0 Å². The third-order valence-corrected chi connectivity index (χ3v) is 8.52. The zero-order valence-corrected chi connectivity index (χ0v) is 22.0. The van der Waals surface area contributed by atoms with Crippen molar-refractivity contribution in [3.8, 4) is 11.3 Å². The molecular formula is C30H31N3O2S. The number of nitrogens with one attached hydrogen (secondary N) is 1. The molecule has 3 N–H and O–H groups in total. The van der Waals surface area contributed by atoms with E-state index in [1.807, 2.05) is 61.5 Å². The van der Waals surface area contributed by atoms with Crippen molar-refractivity contribution in [2.45, 2.75) is 47.0 Å². The second kappa shape index (κ2) is 9.17. The van der Waals surface area contributed by atoms with Gasteiger partial charge >= 0.3 is 0 Å². The minimum atomic E-state index is -0.489. The molecule has 4 aromatic rings. The van der Waals surface area contributed by atoms with Gasteiger partial charge in [-0.15, -0.1) is 11.3 Å². The van der Waals surface area contributed by atoms with Gasteiger partial charge in [0.05, 0.1) is 22.3 Å². The average Bonchev–Trinajstić information content (AvgIpc) is 3.20. The van der Waals surface area contributed by atoms with E-state index in [2.05, 4.69) is 26.1 Å². The van der Waals surface area contributed by atoms with Gasteiger partial charge in [0.15, 0.2) is 0 Å². The molecule has 0 aliphatic heterocycles. The molecule has 0 saturated heterocycles. The molecule has 0 unspecified atom stereocenters. The van der Waals surface area contributed by atoms with Crippen molar-refractivity contribution in [2.24, 2.45) is 17.1 Å². The number of primary amides is 1. The number of benzene rings is 2. The monoisotopic (exact) mass is 497 g/mol. The largest absolute Gasteiger partial charge is 0.365 e. The third-order valence-electron chi connectivity index (χ3n) is 7.35. The minimum absolute atomic E-state index is 0.180. The molecule has 0 saturated carbocycles. The summed E-state index contributed by atoms with van der Waals surface area (Å²) >= 11 is 1.49. The number of carbonyl (C=O) groups is 2. The minimum Gasteiger partial charge on any atom is -0.365 e. The molecule has 6 heteroatoms. The van der Waals surface area contributed by atoms with Gasteiger partial charge in [0.25, 0.3) is 11.8 Å². The van der Waals surface area contributed by atoms with Crippen molar-refractivity contribution in [1.82, 2.24) is 4.98 Å². The first kappa shape index (κ1) is 24.2. The Morgan fingerprint density at radius 3 is 2.53 bits per heavy atom. The number of para-hydroxylation sites is 1. The van der Waals surface area contributed by atoms with Crippen LogP contribution in [0.5, 0.6) is 0 Å². The van der Waals surface area contributed by atoms with E-state index < -0.39 is 5.91 Å². The Balaban J connectivity index is 1.56. The zero-order valence-electron chi connectivity index (χ0n) is 21.1. The lowest BCUT2D eigenvalue weighted by atomic mass is 9.72. The lowest BCUT2D eigenvalue weighted by Crippen LogP contribution is -2.27. The van der Waals surface area contributed by atoms with Crippen molar-refractivity contribution in [3.63, 3.8) is 0 Å². The van der Waals surface area contributed by atoms with Gasteiger partial charge in [-0.25, -0.2) is 4.98 Å². The van der Waals surface area contributed by atoms with Crippen LogP contribution in [-0.4, -0.2) is 16.8 Å². The second-order valence-electron chi connectivity index (χ2n) is 10.7. The quantitative estimate of drug-likeness (QED) is 0.326. The molecule has 5 rings (SSSR count). The van der Waals surface area contributed by atoms with E-state index >= 15 is 0 Å². The highest BCUT2D eigenvalue weighted by molar-refractivity contribution is 7.17. The first-order valence-electron chi connectivity index (χ1n) is 12.3. The van der Waals surface area contributed by atoms with Crippen LogP contribution in [0.1, 0.15) is 63.9 Å². The van der Waals surface area contributed by atoms with Crippen molar-refractivity contribution in [2.75, 3.05) is 5.32 Å². The van der Waals surface area contributed by atoms with Crippen molar-refractivity contribution in [3.05, 3.63) is 81.7 Å². The number of nitrogens with two attached hydrogens (primary N) is 1. The fraction of sp³-hybridized carbons (Fsp3) is 0.300. The molecule has 2 aromatic carbocycles. The van der Waals surface area contributed by atoms with Crippen LogP contribution in [-0.2, 0) is 12.8 Å². The Bertz CT molecular complexity index is 1500. The third kappa shape index (κ3) is 4.42. The summed E-state index contributed by atoms with van der Waals surface area (Å²) in [6.45, 7) is 8.81. The summed E-state index contributed by atoms with van der Waals surface area (Å²) in [5.41, 5.74) is 11.6. The lowest BCUT2D eigenvalue weighted by molar-refractivity contribution is 0.1000. The van der Waals surface area contributed by atoms with Gasteiger partial charge in [-0.05, 0) is 60.8 Å². The SMILES string of the molecule is Cc1ccccc1-c1cc(C(=O)Nc2sc3c(c2C(N)=O)CC[C@@H](C(C)(C)C)C3)c2ccccc2n1. The summed E-state index contributed by atoms with van der Waals surface area (Å²) in [7, 11) is 0. The molecule has 0 spiro atoms. The molecular weight excluding hydrogens is 466 g/mol. The van der Waals surface area contributed by atoms with E-state index in [-0.39, 0.29) is 11.3 Å². The Morgan fingerprint density at radius 1 is 1.08 bits per heavy atom. The molecule has 2 amide bonds. The smallest absolute Gasteiger partial charge is 0.257 e. The van der Waals surface area contributed by atoms with Crippen LogP contribution < -0.4 is 11.1 Å². The van der Waals surface area contributed by atoms with E-state index in [0.29, 0.717) is 22.0 Å². The predicted octanol–water partition coefficient (Wildman–Crippen LogP) is 6.77. The number of thiophene rings is 1. The normalized spacial score (nSPS) is 15.5. The van der Waals surface area contributed by atoms with Crippen molar-refractivity contribution < 1.29 is 9.59 Å². The van der Waals surface area contributed by atoms with E-state index in [9.17, 15) is 9.59 Å². The van der Waals surface area contributed by atoms with E-state index in [1.165, 1.54) is 11.3 Å². The van der Waals surface area contributed by atoms with Crippen molar-refractivity contribution in [1.29, 1.82) is 0 Å². The number of pyridine rings is 1. The fourth-order valence-electron chi connectivity index (χ4n) is 5.21. The van der Waals surface area contributed by atoms with E-state index in [4.69, 9.17) is 10.7 Å². The molecule has 184 valence electrons. The first-order valence-corrected chi connectivity index (χ1v) is 13.2. The molecule has 0 bridgehead atoms. The average molecular weight is 498 g/mol. The number of nitrogens with zero attached hydrogens (tertiary/aromatic N) is 1. The van der Waals surface area contributed by atoms with Crippen LogP contribution in [0.4, 0.5) is 5.00 Å². The van der Waals surface area contributed by atoms with Crippen molar-refractivity contribution >= 4 is 39.1 Å². The molecule has 1 aliphatic rings. The standard InChI is InChI=1S/C30H31N3O2S/c1-17-9-5-6-10-19(17)24-16-22(20-11-7-8-12-23(20)32-24)28(35)33-29-26(27(31)34)21-14-13-18(30(2,3)4)15-25(21)36-29/h5-12,16,18H,13-15H2,1-4H3,(H2,31,34)(H,33,35)/t18-/m1/s1. The number of aromatic nitrogens is 1. The fourth-order valence-corrected chi connectivity index (χ4v) is 6.53. The van der Waals surface area contributed by atoms with Crippen LogP contribution in [0.25, 0.3) is 22.2 Å². The van der Waals surface area contributed by atoms with Gasteiger partial charge in [0, 0.05) is 15.8 Å².